The highest BCUT2D eigenvalue weighted by Crippen LogP contribution is 2.14. The highest BCUT2D eigenvalue weighted by Gasteiger charge is 2.17. The molecule has 2 rings (SSSR count). The topological polar surface area (TPSA) is 46.3 Å². The minimum Gasteiger partial charge on any atom is -0.361 e. The number of aryl methyl sites for hydroxylation is 2. The first-order valence-electron chi connectivity index (χ1n) is 5.82. The van der Waals surface area contributed by atoms with E-state index in [1.54, 1.807) is 0 Å². The molecule has 4 heteroatoms. The lowest BCUT2D eigenvalue weighted by Gasteiger charge is -2.25. The Morgan fingerprint density at radius 2 is 2.25 bits per heavy atom. The van der Waals surface area contributed by atoms with Crippen molar-refractivity contribution in [2.75, 3.05) is 19.6 Å². The molecule has 4 nitrogen and oxygen atoms in total. The molecule has 1 saturated heterocycles. The van der Waals surface area contributed by atoms with Gasteiger partial charge in [0.15, 0.2) is 0 Å². The molecule has 88 valence electrons. The molecule has 1 fully saturated rings. The summed E-state index contributed by atoms with van der Waals surface area (Å²) in [4.78, 5) is 13.5. The molecule has 1 aliphatic rings. The smallest absolute Gasteiger partial charge is 0.146 e. The van der Waals surface area contributed by atoms with E-state index in [2.05, 4.69) is 10.1 Å². The first-order valence-corrected chi connectivity index (χ1v) is 5.82. The van der Waals surface area contributed by atoms with Crippen LogP contribution < -0.4 is 0 Å². The molecule has 1 aromatic heterocycles. The van der Waals surface area contributed by atoms with Crippen LogP contribution in [0, 0.1) is 13.8 Å². The van der Waals surface area contributed by atoms with E-state index in [-0.39, 0.29) is 0 Å². The third-order valence-corrected chi connectivity index (χ3v) is 3.19. The van der Waals surface area contributed by atoms with Gasteiger partial charge < -0.3 is 4.52 Å². The minimum atomic E-state index is 0.366. The maximum absolute atomic E-state index is 11.3. The Morgan fingerprint density at radius 3 is 2.88 bits per heavy atom. The number of likely N-dealkylation sites (tertiary alicyclic amines) is 1. The molecule has 2 heterocycles. The van der Waals surface area contributed by atoms with Crippen molar-refractivity contribution in [2.45, 2.75) is 33.1 Å². The molecule has 0 unspecified atom stereocenters. The van der Waals surface area contributed by atoms with Crippen LogP contribution in [0.2, 0.25) is 0 Å². The number of carbonyl (C=O) groups is 1. The van der Waals surface area contributed by atoms with Crippen molar-refractivity contribution >= 4 is 5.78 Å². The van der Waals surface area contributed by atoms with Gasteiger partial charge in [0.05, 0.1) is 12.2 Å². The molecule has 0 spiro atoms. The second-order valence-electron chi connectivity index (χ2n) is 4.47. The summed E-state index contributed by atoms with van der Waals surface area (Å²) < 4.78 is 5.12. The third kappa shape index (κ3) is 2.50. The van der Waals surface area contributed by atoms with Gasteiger partial charge in [0.25, 0.3) is 0 Å². The lowest BCUT2D eigenvalue weighted by molar-refractivity contribution is -0.122. The fourth-order valence-corrected chi connectivity index (χ4v) is 2.23. The molecule has 0 radical (unpaired) electrons. The third-order valence-electron chi connectivity index (χ3n) is 3.19. The fraction of sp³-hybridized carbons (Fsp3) is 0.667. The number of nitrogens with zero attached hydrogens (tertiary/aromatic N) is 2. The van der Waals surface area contributed by atoms with E-state index in [1.807, 2.05) is 13.8 Å². The number of hydrogen-bond acceptors (Lipinski definition) is 4. The monoisotopic (exact) mass is 222 g/mol. The summed E-state index contributed by atoms with van der Waals surface area (Å²) in [5.74, 6) is 1.27. The van der Waals surface area contributed by atoms with E-state index in [0.717, 1.165) is 43.8 Å². The van der Waals surface area contributed by atoms with Gasteiger partial charge in [0.1, 0.15) is 11.5 Å². The van der Waals surface area contributed by atoms with Crippen LogP contribution in [0.15, 0.2) is 4.52 Å². The van der Waals surface area contributed by atoms with Gasteiger partial charge >= 0.3 is 0 Å². The van der Waals surface area contributed by atoms with Crippen molar-refractivity contribution < 1.29 is 9.32 Å². The van der Waals surface area contributed by atoms with Crippen LogP contribution in [0.25, 0.3) is 0 Å². The molecule has 0 atom stereocenters. The summed E-state index contributed by atoms with van der Waals surface area (Å²) in [6.07, 6.45) is 2.68. The molecule has 0 aromatic carbocycles. The highest BCUT2D eigenvalue weighted by molar-refractivity contribution is 5.81. The first-order chi connectivity index (χ1) is 7.66. The minimum absolute atomic E-state index is 0.366. The normalized spacial score (nSPS) is 18.0. The van der Waals surface area contributed by atoms with Crippen LogP contribution in [0.4, 0.5) is 0 Å². The van der Waals surface area contributed by atoms with Crippen molar-refractivity contribution in [1.82, 2.24) is 10.1 Å². The Kier molecular flexibility index (Phi) is 3.39. The van der Waals surface area contributed by atoms with Crippen LogP contribution >= 0.6 is 0 Å². The number of carbonyl (C=O) groups excluding carboxylic acids is 1. The molecular formula is C12H18N2O2. The summed E-state index contributed by atoms with van der Waals surface area (Å²) in [6.45, 7) is 6.48. The molecule has 0 saturated carbocycles. The molecule has 1 aliphatic heterocycles. The van der Waals surface area contributed by atoms with E-state index >= 15 is 0 Å². The Bertz CT molecular complexity index is 365. The van der Waals surface area contributed by atoms with Crippen LogP contribution in [0.1, 0.15) is 29.9 Å². The van der Waals surface area contributed by atoms with E-state index in [4.69, 9.17) is 4.52 Å². The zero-order valence-corrected chi connectivity index (χ0v) is 9.95. The van der Waals surface area contributed by atoms with Gasteiger partial charge in [-0.05, 0) is 33.2 Å². The predicted octanol–water partition coefficient (Wildman–Crippen LogP) is 1.50. The SMILES string of the molecule is Cc1noc(C)c1CCN1CCCC(=O)C1. The van der Waals surface area contributed by atoms with Crippen LogP contribution in [0.5, 0.6) is 0 Å². The number of hydrogen-bond donors (Lipinski definition) is 0. The molecule has 1 aromatic rings. The van der Waals surface area contributed by atoms with Gasteiger partial charge in [0, 0.05) is 18.5 Å². The van der Waals surface area contributed by atoms with Gasteiger partial charge in [0.2, 0.25) is 0 Å². The van der Waals surface area contributed by atoms with Gasteiger partial charge in [-0.1, -0.05) is 5.16 Å². The molecule has 0 N–H and O–H groups in total. The van der Waals surface area contributed by atoms with Crippen molar-refractivity contribution in [1.29, 1.82) is 0 Å². The molecule has 0 bridgehead atoms. The lowest BCUT2D eigenvalue weighted by atomic mass is 10.1. The van der Waals surface area contributed by atoms with Gasteiger partial charge in [-0.25, -0.2) is 0 Å². The Labute approximate surface area is 95.6 Å². The summed E-state index contributed by atoms with van der Waals surface area (Å²) in [5, 5.41) is 3.93. The zero-order valence-electron chi connectivity index (χ0n) is 9.95. The van der Waals surface area contributed by atoms with E-state index < -0.39 is 0 Å². The summed E-state index contributed by atoms with van der Waals surface area (Å²) in [6, 6.07) is 0. The largest absolute Gasteiger partial charge is 0.361 e. The van der Waals surface area contributed by atoms with Crippen LogP contribution in [-0.4, -0.2) is 35.5 Å². The summed E-state index contributed by atoms with van der Waals surface area (Å²) >= 11 is 0. The number of ketones is 1. The number of aromatic nitrogens is 1. The predicted molar refractivity (Wildman–Crippen MR) is 60.4 cm³/mol. The molecular weight excluding hydrogens is 204 g/mol. The van der Waals surface area contributed by atoms with Gasteiger partial charge in [-0.3, -0.25) is 9.69 Å². The quantitative estimate of drug-likeness (QED) is 0.777. The van der Waals surface area contributed by atoms with E-state index in [1.165, 1.54) is 5.56 Å². The highest BCUT2D eigenvalue weighted by atomic mass is 16.5. The van der Waals surface area contributed by atoms with E-state index in [9.17, 15) is 4.79 Å². The summed E-state index contributed by atoms with van der Waals surface area (Å²) in [5.41, 5.74) is 2.17. The standard InChI is InChI=1S/C12H18N2O2/c1-9-12(10(2)16-13-9)5-7-14-6-3-4-11(15)8-14/h3-8H2,1-2H3. The van der Waals surface area contributed by atoms with Gasteiger partial charge in [-0.15, -0.1) is 0 Å². The van der Waals surface area contributed by atoms with Crippen molar-refractivity contribution in [3.63, 3.8) is 0 Å². The fourth-order valence-electron chi connectivity index (χ4n) is 2.23. The van der Waals surface area contributed by atoms with Crippen molar-refractivity contribution in [2.24, 2.45) is 0 Å². The number of piperidine rings is 1. The Balaban J connectivity index is 1.89. The second-order valence-corrected chi connectivity index (χ2v) is 4.47. The Hall–Kier alpha value is -1.16. The van der Waals surface area contributed by atoms with Crippen LogP contribution in [-0.2, 0) is 11.2 Å². The number of rotatable bonds is 3. The van der Waals surface area contributed by atoms with Crippen LogP contribution in [0.3, 0.4) is 0 Å². The maximum Gasteiger partial charge on any atom is 0.146 e. The average Bonchev–Trinajstić information content (AvgIpc) is 2.56. The lowest BCUT2D eigenvalue weighted by Crippen LogP contribution is -2.36. The van der Waals surface area contributed by atoms with E-state index in [0.29, 0.717) is 12.3 Å². The maximum atomic E-state index is 11.3. The van der Waals surface area contributed by atoms with Crippen molar-refractivity contribution in [3.05, 3.63) is 17.0 Å². The first kappa shape index (κ1) is 11.3. The number of Topliss-reactive ketones (excluding diaryl/α,β-unsaturated/α-hetero) is 1. The molecule has 16 heavy (non-hydrogen) atoms. The summed E-state index contributed by atoms with van der Waals surface area (Å²) in [7, 11) is 0. The van der Waals surface area contributed by atoms with Crippen molar-refractivity contribution in [3.8, 4) is 0 Å². The zero-order chi connectivity index (χ0) is 11.5. The molecule has 0 amide bonds. The second kappa shape index (κ2) is 4.78. The Morgan fingerprint density at radius 1 is 1.44 bits per heavy atom. The van der Waals surface area contributed by atoms with Gasteiger partial charge in [-0.2, -0.15) is 0 Å². The molecule has 0 aliphatic carbocycles. The average molecular weight is 222 g/mol.